The smallest absolute Gasteiger partial charge is 0.244 e. The van der Waals surface area contributed by atoms with Crippen molar-refractivity contribution in [3.63, 3.8) is 0 Å². The number of nitrogens with two attached hydrogens (primary N) is 1. The van der Waals surface area contributed by atoms with E-state index in [0.29, 0.717) is 0 Å². The maximum Gasteiger partial charge on any atom is 0.244 e. The van der Waals surface area contributed by atoms with Gasteiger partial charge in [-0.3, -0.25) is 14.4 Å². The number of primary amides is 1. The summed E-state index contributed by atoms with van der Waals surface area (Å²) in [6, 6.07) is -1.09. The van der Waals surface area contributed by atoms with Gasteiger partial charge in [0.1, 0.15) is 11.9 Å². The molecule has 0 heterocycles. The number of alkyl halides is 1. The monoisotopic (exact) mass is 226 g/mol. The van der Waals surface area contributed by atoms with Crippen LogP contribution in [-0.2, 0) is 14.4 Å². The van der Waals surface area contributed by atoms with Crippen LogP contribution in [0, 0.1) is 0 Å². The number of amides is 2. The van der Waals surface area contributed by atoms with Crippen molar-refractivity contribution in [1.29, 1.82) is 0 Å². The SMILES string of the molecule is NC(=O)C[C@H](NC(=O)CCl)C(=O)Cl. The van der Waals surface area contributed by atoms with E-state index in [4.69, 9.17) is 28.9 Å². The second-order valence-corrected chi connectivity index (χ2v) is 2.87. The van der Waals surface area contributed by atoms with Gasteiger partial charge in [-0.15, -0.1) is 11.6 Å². The van der Waals surface area contributed by atoms with Gasteiger partial charge in [-0.1, -0.05) is 0 Å². The molecule has 0 aromatic heterocycles. The van der Waals surface area contributed by atoms with E-state index in [2.05, 4.69) is 5.32 Å². The van der Waals surface area contributed by atoms with Crippen LogP contribution in [0.25, 0.3) is 0 Å². The number of rotatable bonds is 5. The van der Waals surface area contributed by atoms with Gasteiger partial charge in [-0.05, 0) is 11.6 Å². The summed E-state index contributed by atoms with van der Waals surface area (Å²) in [4.78, 5) is 31.7. The average molecular weight is 227 g/mol. The average Bonchev–Trinajstić information content (AvgIpc) is 2.02. The maximum absolute atomic E-state index is 10.7. The maximum atomic E-state index is 10.7. The van der Waals surface area contributed by atoms with E-state index < -0.39 is 23.1 Å². The normalized spacial score (nSPS) is 11.8. The Bertz CT molecular complexity index is 232. The van der Waals surface area contributed by atoms with Crippen LogP contribution in [0.5, 0.6) is 0 Å². The highest BCUT2D eigenvalue weighted by molar-refractivity contribution is 6.65. The largest absolute Gasteiger partial charge is 0.370 e. The quantitative estimate of drug-likeness (QED) is 0.483. The van der Waals surface area contributed by atoms with Crippen LogP contribution < -0.4 is 11.1 Å². The van der Waals surface area contributed by atoms with Gasteiger partial charge in [0.05, 0.1) is 6.42 Å². The van der Waals surface area contributed by atoms with Gasteiger partial charge in [0.2, 0.25) is 17.1 Å². The molecular formula is C6H8Cl2N2O3. The fraction of sp³-hybridized carbons (Fsp3) is 0.500. The van der Waals surface area contributed by atoms with Crippen molar-refractivity contribution in [2.45, 2.75) is 12.5 Å². The molecule has 0 bridgehead atoms. The van der Waals surface area contributed by atoms with Crippen LogP contribution in [-0.4, -0.2) is 29.0 Å². The van der Waals surface area contributed by atoms with Crippen LogP contribution in [0.15, 0.2) is 0 Å². The molecular weight excluding hydrogens is 219 g/mol. The lowest BCUT2D eigenvalue weighted by molar-refractivity contribution is -0.125. The van der Waals surface area contributed by atoms with Crippen LogP contribution in [0.4, 0.5) is 0 Å². The summed E-state index contributed by atoms with van der Waals surface area (Å²) < 4.78 is 0. The molecule has 7 heteroatoms. The molecule has 2 amide bonds. The molecule has 3 N–H and O–H groups in total. The number of hydrogen-bond acceptors (Lipinski definition) is 3. The number of hydrogen-bond donors (Lipinski definition) is 2. The number of nitrogens with one attached hydrogen (secondary N) is 1. The Morgan fingerprint density at radius 1 is 1.38 bits per heavy atom. The molecule has 0 radical (unpaired) electrons. The summed E-state index contributed by atoms with van der Waals surface area (Å²) in [6.07, 6.45) is -0.328. The van der Waals surface area contributed by atoms with Crippen molar-refractivity contribution in [2.24, 2.45) is 5.73 Å². The molecule has 0 saturated carbocycles. The summed E-state index contributed by atoms with van der Waals surface area (Å²) in [5, 5.41) is 1.29. The van der Waals surface area contributed by atoms with Gasteiger partial charge in [0, 0.05) is 0 Å². The van der Waals surface area contributed by atoms with E-state index in [1.807, 2.05) is 0 Å². The lowest BCUT2D eigenvalue weighted by Crippen LogP contribution is -2.42. The first-order chi connectivity index (χ1) is 5.97. The fourth-order valence-corrected chi connectivity index (χ4v) is 0.831. The topological polar surface area (TPSA) is 89.3 Å². The third kappa shape index (κ3) is 5.43. The van der Waals surface area contributed by atoms with Crippen LogP contribution >= 0.6 is 23.2 Å². The van der Waals surface area contributed by atoms with E-state index in [0.717, 1.165) is 0 Å². The zero-order valence-corrected chi connectivity index (χ0v) is 8.06. The molecule has 13 heavy (non-hydrogen) atoms. The van der Waals surface area contributed by atoms with Gasteiger partial charge in [0.25, 0.3) is 0 Å². The summed E-state index contributed by atoms with van der Waals surface area (Å²) in [5.41, 5.74) is 4.81. The number of halogens is 2. The molecule has 0 aromatic rings. The lowest BCUT2D eigenvalue weighted by Gasteiger charge is -2.11. The minimum Gasteiger partial charge on any atom is -0.370 e. The summed E-state index contributed by atoms with van der Waals surface area (Å²) in [5.74, 6) is -1.62. The molecule has 1 atom stereocenters. The molecule has 0 aliphatic heterocycles. The second kappa shape index (κ2) is 5.77. The minimum atomic E-state index is -1.09. The Kier molecular flexibility index (Phi) is 5.41. The Balaban J connectivity index is 4.18. The Morgan fingerprint density at radius 3 is 2.23 bits per heavy atom. The molecule has 0 aromatic carbocycles. The van der Waals surface area contributed by atoms with Gasteiger partial charge >= 0.3 is 0 Å². The molecule has 0 saturated heterocycles. The van der Waals surface area contributed by atoms with Crippen molar-refractivity contribution in [3.8, 4) is 0 Å². The molecule has 0 fully saturated rings. The van der Waals surface area contributed by atoms with Crippen molar-refractivity contribution in [2.75, 3.05) is 5.88 Å². The zero-order valence-electron chi connectivity index (χ0n) is 6.55. The highest BCUT2D eigenvalue weighted by Crippen LogP contribution is 1.97. The molecule has 0 spiro atoms. The Labute approximate surface area is 84.5 Å². The van der Waals surface area contributed by atoms with Crippen LogP contribution in [0.2, 0.25) is 0 Å². The molecule has 5 nitrogen and oxygen atoms in total. The van der Waals surface area contributed by atoms with E-state index in [9.17, 15) is 14.4 Å². The third-order valence-corrected chi connectivity index (χ3v) is 1.64. The first-order valence-corrected chi connectivity index (χ1v) is 4.21. The van der Waals surface area contributed by atoms with Gasteiger partial charge in [-0.25, -0.2) is 0 Å². The Hall–Kier alpha value is -0.810. The number of carbonyl (C=O) groups excluding carboxylic acids is 3. The fourth-order valence-electron chi connectivity index (χ4n) is 0.622. The highest BCUT2D eigenvalue weighted by atomic mass is 35.5. The first-order valence-electron chi connectivity index (χ1n) is 3.30. The van der Waals surface area contributed by atoms with E-state index >= 15 is 0 Å². The zero-order chi connectivity index (χ0) is 10.4. The van der Waals surface area contributed by atoms with E-state index in [-0.39, 0.29) is 12.3 Å². The summed E-state index contributed by atoms with van der Waals surface area (Å²) in [6.45, 7) is 0. The highest BCUT2D eigenvalue weighted by Gasteiger charge is 2.20. The minimum absolute atomic E-state index is 0.306. The third-order valence-electron chi connectivity index (χ3n) is 1.14. The standard InChI is InChI=1S/C6H8Cl2N2O3/c7-2-5(12)10-3(6(8)13)1-4(9)11/h3H,1-2H2,(H2,9,11)(H,10,12)/t3-/m0/s1. The lowest BCUT2D eigenvalue weighted by atomic mass is 10.2. The van der Waals surface area contributed by atoms with Gasteiger partial charge < -0.3 is 11.1 Å². The predicted molar refractivity (Wildman–Crippen MR) is 47.3 cm³/mol. The molecule has 0 aliphatic rings. The van der Waals surface area contributed by atoms with Gasteiger partial charge in [-0.2, -0.15) is 0 Å². The van der Waals surface area contributed by atoms with Crippen molar-refractivity contribution >= 4 is 40.3 Å². The van der Waals surface area contributed by atoms with Gasteiger partial charge in [0.15, 0.2) is 0 Å². The first kappa shape index (κ1) is 12.2. The number of carbonyl (C=O) groups is 3. The summed E-state index contributed by atoms with van der Waals surface area (Å²) >= 11 is 10.2. The Morgan fingerprint density at radius 2 is 1.92 bits per heavy atom. The summed E-state index contributed by atoms with van der Waals surface area (Å²) in [7, 11) is 0. The molecule has 0 aliphatic carbocycles. The van der Waals surface area contributed by atoms with Crippen LogP contribution in [0.1, 0.15) is 6.42 Å². The van der Waals surface area contributed by atoms with Crippen LogP contribution in [0.3, 0.4) is 0 Å². The van der Waals surface area contributed by atoms with Crippen molar-refractivity contribution in [1.82, 2.24) is 5.32 Å². The van der Waals surface area contributed by atoms with Crippen molar-refractivity contribution < 1.29 is 14.4 Å². The molecule has 0 rings (SSSR count). The van der Waals surface area contributed by atoms with E-state index in [1.54, 1.807) is 0 Å². The molecule has 0 unspecified atom stereocenters. The molecule has 74 valence electrons. The van der Waals surface area contributed by atoms with Crippen molar-refractivity contribution in [3.05, 3.63) is 0 Å². The second-order valence-electron chi connectivity index (χ2n) is 2.23. The van der Waals surface area contributed by atoms with E-state index in [1.165, 1.54) is 0 Å². The predicted octanol–water partition coefficient (Wildman–Crippen LogP) is -0.649.